The summed E-state index contributed by atoms with van der Waals surface area (Å²) < 4.78 is 56.9. The van der Waals surface area contributed by atoms with Crippen LogP contribution in [0.3, 0.4) is 0 Å². The molecule has 0 aliphatic heterocycles. The van der Waals surface area contributed by atoms with Gasteiger partial charge in [-0.15, -0.1) is 0 Å². The van der Waals surface area contributed by atoms with Gasteiger partial charge in [0.1, 0.15) is 0 Å². The highest BCUT2D eigenvalue weighted by molar-refractivity contribution is 7.99. The Balaban J connectivity index is 1.52. The second-order valence-corrected chi connectivity index (χ2v) is 9.27. The predicted octanol–water partition coefficient (Wildman–Crippen LogP) is 4.60. The normalized spacial score (nSPS) is 11.1. The van der Waals surface area contributed by atoms with E-state index < -0.39 is 34.3 Å². The van der Waals surface area contributed by atoms with Gasteiger partial charge in [0, 0.05) is 16.3 Å². The number of nitrogens with one attached hydrogen (secondary N) is 2. The lowest BCUT2D eigenvalue weighted by molar-refractivity contribution is -0.119. The van der Waals surface area contributed by atoms with E-state index in [1.165, 1.54) is 48.5 Å². The van der Waals surface area contributed by atoms with Crippen LogP contribution in [-0.2, 0) is 19.6 Å². The van der Waals surface area contributed by atoms with Gasteiger partial charge >= 0.3 is 5.97 Å². The van der Waals surface area contributed by atoms with E-state index in [-0.39, 0.29) is 10.5 Å². The average molecular weight is 493 g/mol. The van der Waals surface area contributed by atoms with Gasteiger partial charge in [0.2, 0.25) is 0 Å². The number of carbonyl (C=O) groups excluding carboxylic acids is 2. The van der Waals surface area contributed by atoms with Crippen LogP contribution in [0.2, 0.25) is 0 Å². The molecule has 0 saturated carbocycles. The maximum Gasteiger partial charge on any atom is 0.338 e. The fraction of sp³-hybridized carbons (Fsp3) is 0.0909. The predicted molar refractivity (Wildman–Crippen MR) is 121 cm³/mol. The number of esters is 1. The van der Waals surface area contributed by atoms with Crippen molar-refractivity contribution in [2.45, 2.75) is 15.5 Å². The van der Waals surface area contributed by atoms with Crippen LogP contribution in [0.5, 0.6) is 0 Å². The maximum atomic E-state index is 12.4. The quantitative estimate of drug-likeness (QED) is 0.335. The first-order valence-corrected chi connectivity index (χ1v) is 11.8. The molecule has 0 aliphatic rings. The number of rotatable bonds is 9. The molecule has 0 aliphatic carbocycles. The van der Waals surface area contributed by atoms with Crippen molar-refractivity contribution in [1.29, 1.82) is 0 Å². The van der Waals surface area contributed by atoms with Crippen molar-refractivity contribution in [3.8, 4) is 0 Å². The second kappa shape index (κ2) is 10.9. The average Bonchev–Trinajstić information content (AvgIpc) is 2.79. The van der Waals surface area contributed by atoms with E-state index in [9.17, 15) is 26.8 Å². The minimum atomic E-state index is -3.84. The summed E-state index contributed by atoms with van der Waals surface area (Å²) in [5.41, 5.74) is 0.819. The minimum absolute atomic E-state index is 0.0471. The Morgan fingerprint density at radius 2 is 1.52 bits per heavy atom. The topological polar surface area (TPSA) is 102 Å². The molecular formula is C22H18F2N2O5S2. The smallest absolute Gasteiger partial charge is 0.338 e. The monoisotopic (exact) mass is 492 g/mol. The van der Waals surface area contributed by atoms with E-state index >= 15 is 0 Å². The third-order valence-corrected chi connectivity index (χ3v) is 6.24. The summed E-state index contributed by atoms with van der Waals surface area (Å²) in [6, 6.07) is 19.2. The van der Waals surface area contributed by atoms with E-state index in [1.54, 1.807) is 30.3 Å². The van der Waals surface area contributed by atoms with E-state index in [2.05, 4.69) is 10.0 Å². The van der Waals surface area contributed by atoms with Crippen LogP contribution in [0.25, 0.3) is 0 Å². The Hall–Kier alpha value is -3.44. The molecule has 0 fully saturated rings. The van der Waals surface area contributed by atoms with Crippen molar-refractivity contribution in [2.75, 3.05) is 16.6 Å². The Morgan fingerprint density at radius 1 is 0.879 bits per heavy atom. The Kier molecular flexibility index (Phi) is 8.01. The molecule has 7 nitrogen and oxygen atoms in total. The molecule has 0 unspecified atom stereocenters. The number of thioether (sulfide) groups is 1. The van der Waals surface area contributed by atoms with Crippen LogP contribution in [0, 0.1) is 0 Å². The molecule has 2 N–H and O–H groups in total. The summed E-state index contributed by atoms with van der Waals surface area (Å²) >= 11 is 0.383. The Labute approximate surface area is 193 Å². The zero-order valence-corrected chi connectivity index (χ0v) is 18.5. The number of anilines is 2. The Morgan fingerprint density at radius 3 is 2.12 bits per heavy atom. The van der Waals surface area contributed by atoms with Gasteiger partial charge in [-0.05, 0) is 60.7 Å². The molecule has 11 heteroatoms. The van der Waals surface area contributed by atoms with Crippen LogP contribution in [-0.4, -0.2) is 32.7 Å². The molecule has 0 spiro atoms. The maximum absolute atomic E-state index is 12.4. The number of carbonyl (C=O) groups is 2. The van der Waals surface area contributed by atoms with Gasteiger partial charge in [-0.1, -0.05) is 30.0 Å². The highest BCUT2D eigenvalue weighted by Gasteiger charge is 2.16. The van der Waals surface area contributed by atoms with Crippen LogP contribution in [0.15, 0.2) is 88.7 Å². The number of ether oxygens (including phenoxy) is 1. The van der Waals surface area contributed by atoms with Crippen LogP contribution >= 0.6 is 11.8 Å². The zero-order chi connectivity index (χ0) is 23.8. The Bertz CT molecular complexity index is 1200. The van der Waals surface area contributed by atoms with Crippen LogP contribution in [0.1, 0.15) is 10.4 Å². The molecule has 33 heavy (non-hydrogen) atoms. The van der Waals surface area contributed by atoms with Gasteiger partial charge in [-0.2, -0.15) is 8.78 Å². The molecule has 0 atom stereocenters. The summed E-state index contributed by atoms with van der Waals surface area (Å²) in [5, 5.41) is 2.48. The molecule has 3 aromatic carbocycles. The summed E-state index contributed by atoms with van der Waals surface area (Å²) in [5.74, 6) is -3.98. The van der Waals surface area contributed by atoms with Crippen LogP contribution < -0.4 is 10.0 Å². The number of sulfonamides is 1. The van der Waals surface area contributed by atoms with Gasteiger partial charge < -0.3 is 10.1 Å². The van der Waals surface area contributed by atoms with Gasteiger partial charge in [0.25, 0.3) is 21.7 Å². The number of hydrogen-bond acceptors (Lipinski definition) is 6. The molecular weight excluding hydrogens is 474 g/mol. The first-order valence-electron chi connectivity index (χ1n) is 9.43. The number of para-hydroxylation sites is 1. The number of amides is 1. The largest absolute Gasteiger partial charge is 0.452 e. The first kappa shape index (κ1) is 24.2. The minimum Gasteiger partial charge on any atom is -0.452 e. The summed E-state index contributed by atoms with van der Waals surface area (Å²) in [7, 11) is -3.84. The highest BCUT2D eigenvalue weighted by atomic mass is 32.2. The van der Waals surface area contributed by atoms with Crippen molar-refractivity contribution >= 4 is 45.0 Å². The molecule has 3 aromatic rings. The fourth-order valence-corrected chi connectivity index (χ4v) is 4.18. The molecule has 0 radical (unpaired) electrons. The van der Waals surface area contributed by atoms with Crippen molar-refractivity contribution in [3.05, 3.63) is 84.4 Å². The fourth-order valence-electron chi connectivity index (χ4n) is 2.62. The standard InChI is InChI=1S/C22H18F2N2O5S2/c23-22(24)32-18-10-8-16(9-11-18)25-20(27)14-31-21(28)15-6-12-19(13-7-15)33(29,30)26-17-4-2-1-3-5-17/h1-13,22,26H,14H2,(H,25,27). The molecule has 0 aromatic heterocycles. The van der Waals surface area contributed by atoms with E-state index in [1.807, 2.05) is 0 Å². The second-order valence-electron chi connectivity index (χ2n) is 6.52. The summed E-state index contributed by atoms with van der Waals surface area (Å²) in [4.78, 5) is 24.4. The zero-order valence-electron chi connectivity index (χ0n) is 16.9. The van der Waals surface area contributed by atoms with Crippen molar-refractivity contribution in [1.82, 2.24) is 0 Å². The number of benzene rings is 3. The molecule has 0 bridgehead atoms. The van der Waals surface area contributed by atoms with Crippen molar-refractivity contribution in [3.63, 3.8) is 0 Å². The number of halogens is 2. The molecule has 0 saturated heterocycles. The summed E-state index contributed by atoms with van der Waals surface area (Å²) in [6.45, 7) is -0.581. The first-order chi connectivity index (χ1) is 15.7. The van der Waals surface area contributed by atoms with Crippen LogP contribution in [0.4, 0.5) is 20.2 Å². The number of alkyl halides is 2. The van der Waals surface area contributed by atoms with E-state index in [4.69, 9.17) is 4.74 Å². The lowest BCUT2D eigenvalue weighted by atomic mass is 10.2. The molecule has 3 rings (SSSR count). The highest BCUT2D eigenvalue weighted by Crippen LogP contribution is 2.26. The SMILES string of the molecule is O=C(COC(=O)c1ccc(S(=O)(=O)Nc2ccccc2)cc1)Nc1ccc(SC(F)F)cc1. The molecule has 172 valence electrons. The van der Waals surface area contributed by atoms with E-state index in [0.29, 0.717) is 28.0 Å². The van der Waals surface area contributed by atoms with Crippen molar-refractivity contribution < 1.29 is 31.5 Å². The van der Waals surface area contributed by atoms with Gasteiger partial charge in [0.15, 0.2) is 6.61 Å². The van der Waals surface area contributed by atoms with Gasteiger partial charge in [0.05, 0.1) is 10.5 Å². The lowest BCUT2D eigenvalue weighted by Gasteiger charge is -2.09. The van der Waals surface area contributed by atoms with Gasteiger partial charge in [-0.25, -0.2) is 13.2 Å². The van der Waals surface area contributed by atoms with Crippen molar-refractivity contribution in [2.24, 2.45) is 0 Å². The number of hydrogen-bond donors (Lipinski definition) is 2. The summed E-state index contributed by atoms with van der Waals surface area (Å²) in [6.07, 6.45) is 0. The van der Waals surface area contributed by atoms with Gasteiger partial charge in [-0.3, -0.25) is 9.52 Å². The molecule has 1 amide bonds. The van der Waals surface area contributed by atoms with E-state index in [0.717, 1.165) is 0 Å². The molecule has 0 heterocycles. The third-order valence-electron chi connectivity index (χ3n) is 4.12. The lowest BCUT2D eigenvalue weighted by Crippen LogP contribution is -2.21. The third kappa shape index (κ3) is 7.29.